The van der Waals surface area contributed by atoms with Crippen LogP contribution in [0.2, 0.25) is 5.02 Å². The van der Waals surface area contributed by atoms with Crippen LogP contribution in [0.1, 0.15) is 18.9 Å². The predicted octanol–water partition coefficient (Wildman–Crippen LogP) is 3.66. The molecule has 0 bridgehead atoms. The van der Waals surface area contributed by atoms with Crippen LogP contribution in [0.5, 0.6) is 0 Å². The van der Waals surface area contributed by atoms with Crippen LogP contribution in [0.25, 0.3) is 0 Å². The Kier molecular flexibility index (Phi) is 5.78. The molecule has 0 amide bonds. The standard InChI is InChI=1S/C12H14ClFO2S/c1-8(6-12(15)16-2)17-7-9-10(13)4-3-5-11(9)14/h3-5,8H,6-7H2,1-2H3. The molecular weight excluding hydrogens is 263 g/mol. The second-order valence-electron chi connectivity index (χ2n) is 3.60. The van der Waals surface area contributed by atoms with Gasteiger partial charge in [0.1, 0.15) is 5.82 Å². The molecule has 1 aromatic rings. The summed E-state index contributed by atoms with van der Waals surface area (Å²) in [6.45, 7) is 1.90. The molecule has 0 aliphatic rings. The normalized spacial score (nSPS) is 12.2. The Balaban J connectivity index is 2.53. The van der Waals surface area contributed by atoms with Crippen molar-refractivity contribution in [1.82, 2.24) is 0 Å². The summed E-state index contributed by atoms with van der Waals surface area (Å²) in [6.07, 6.45) is 0.313. The summed E-state index contributed by atoms with van der Waals surface area (Å²) in [5.41, 5.74) is 0.482. The number of benzene rings is 1. The fraction of sp³-hybridized carbons (Fsp3) is 0.417. The number of esters is 1. The molecule has 0 spiro atoms. The van der Waals surface area contributed by atoms with Crippen LogP contribution in [0.4, 0.5) is 4.39 Å². The highest BCUT2D eigenvalue weighted by molar-refractivity contribution is 7.99. The predicted molar refractivity (Wildman–Crippen MR) is 68.8 cm³/mol. The molecule has 5 heteroatoms. The summed E-state index contributed by atoms with van der Waals surface area (Å²) in [4.78, 5) is 11.0. The van der Waals surface area contributed by atoms with Crippen molar-refractivity contribution in [2.45, 2.75) is 24.3 Å². The van der Waals surface area contributed by atoms with Gasteiger partial charge in [-0.25, -0.2) is 4.39 Å². The van der Waals surface area contributed by atoms with Crippen LogP contribution >= 0.6 is 23.4 Å². The van der Waals surface area contributed by atoms with Crippen molar-refractivity contribution in [2.24, 2.45) is 0 Å². The van der Waals surface area contributed by atoms with Gasteiger partial charge in [-0.1, -0.05) is 24.6 Å². The Morgan fingerprint density at radius 2 is 2.29 bits per heavy atom. The summed E-state index contributed by atoms with van der Waals surface area (Å²) in [6, 6.07) is 4.61. The molecule has 0 heterocycles. The van der Waals surface area contributed by atoms with Gasteiger partial charge in [-0.3, -0.25) is 4.79 Å². The summed E-state index contributed by atoms with van der Waals surface area (Å²) in [5.74, 6) is -0.121. The van der Waals surface area contributed by atoms with Crippen LogP contribution in [-0.4, -0.2) is 18.3 Å². The molecule has 0 aliphatic heterocycles. The van der Waals surface area contributed by atoms with Crippen molar-refractivity contribution < 1.29 is 13.9 Å². The zero-order valence-electron chi connectivity index (χ0n) is 9.70. The van der Waals surface area contributed by atoms with E-state index in [0.29, 0.717) is 22.8 Å². The first-order chi connectivity index (χ1) is 8.04. The van der Waals surface area contributed by atoms with Crippen LogP contribution < -0.4 is 0 Å². The van der Waals surface area contributed by atoms with Gasteiger partial charge in [0.25, 0.3) is 0 Å². The third kappa shape index (κ3) is 4.56. The van der Waals surface area contributed by atoms with Gasteiger partial charge < -0.3 is 4.74 Å². The van der Waals surface area contributed by atoms with E-state index < -0.39 is 0 Å². The molecule has 0 N–H and O–H groups in total. The third-order valence-electron chi connectivity index (χ3n) is 2.26. The maximum Gasteiger partial charge on any atom is 0.306 e. The lowest BCUT2D eigenvalue weighted by Crippen LogP contribution is -2.09. The smallest absolute Gasteiger partial charge is 0.306 e. The minimum absolute atomic E-state index is 0.0677. The molecule has 0 aromatic heterocycles. The molecule has 0 saturated carbocycles. The Bertz CT molecular complexity index is 378. The first-order valence-corrected chi connectivity index (χ1v) is 6.58. The van der Waals surface area contributed by atoms with E-state index in [-0.39, 0.29) is 17.0 Å². The summed E-state index contributed by atoms with van der Waals surface area (Å²) < 4.78 is 18.0. The first kappa shape index (κ1) is 14.3. The topological polar surface area (TPSA) is 26.3 Å². The maximum absolute atomic E-state index is 13.4. The molecule has 2 nitrogen and oxygen atoms in total. The van der Waals surface area contributed by atoms with E-state index in [0.717, 1.165) is 0 Å². The Morgan fingerprint density at radius 3 is 2.88 bits per heavy atom. The molecular formula is C12H14ClFO2S. The third-order valence-corrected chi connectivity index (χ3v) is 3.80. The number of thioether (sulfide) groups is 1. The van der Waals surface area contributed by atoms with E-state index in [2.05, 4.69) is 4.74 Å². The average Bonchev–Trinajstić information content (AvgIpc) is 2.28. The molecule has 1 rings (SSSR count). The summed E-state index contributed by atoms with van der Waals surface area (Å²) >= 11 is 7.38. The van der Waals surface area contributed by atoms with Crippen molar-refractivity contribution in [2.75, 3.05) is 7.11 Å². The number of halogens is 2. The monoisotopic (exact) mass is 276 g/mol. The Hall–Kier alpha value is -0.740. The number of ether oxygens (including phenoxy) is 1. The van der Waals surface area contributed by atoms with Crippen LogP contribution in [0.15, 0.2) is 18.2 Å². The molecule has 0 radical (unpaired) electrons. The largest absolute Gasteiger partial charge is 0.469 e. The number of carbonyl (C=O) groups is 1. The lowest BCUT2D eigenvalue weighted by molar-refractivity contribution is -0.140. The highest BCUT2D eigenvalue weighted by Crippen LogP contribution is 2.27. The molecule has 17 heavy (non-hydrogen) atoms. The van der Waals surface area contributed by atoms with Gasteiger partial charge in [0.15, 0.2) is 0 Å². The van der Waals surface area contributed by atoms with Gasteiger partial charge in [0.05, 0.1) is 13.5 Å². The maximum atomic E-state index is 13.4. The summed E-state index contributed by atoms with van der Waals surface area (Å²) in [7, 11) is 1.35. The van der Waals surface area contributed by atoms with E-state index in [1.54, 1.807) is 12.1 Å². The first-order valence-electron chi connectivity index (χ1n) is 5.16. The molecule has 0 saturated heterocycles. The zero-order chi connectivity index (χ0) is 12.8. The van der Waals surface area contributed by atoms with E-state index >= 15 is 0 Å². The second-order valence-corrected chi connectivity index (χ2v) is 5.44. The minimum atomic E-state index is -0.310. The number of methoxy groups -OCH3 is 1. The fourth-order valence-electron chi connectivity index (χ4n) is 1.27. The number of rotatable bonds is 5. The Morgan fingerprint density at radius 1 is 1.59 bits per heavy atom. The molecule has 1 unspecified atom stereocenters. The van der Waals surface area contributed by atoms with Gasteiger partial charge in [0.2, 0.25) is 0 Å². The van der Waals surface area contributed by atoms with E-state index in [9.17, 15) is 9.18 Å². The van der Waals surface area contributed by atoms with Crippen molar-refractivity contribution in [3.63, 3.8) is 0 Å². The quantitative estimate of drug-likeness (QED) is 0.768. The number of hydrogen-bond donors (Lipinski definition) is 0. The number of hydrogen-bond acceptors (Lipinski definition) is 3. The molecule has 94 valence electrons. The SMILES string of the molecule is COC(=O)CC(C)SCc1c(F)cccc1Cl. The summed E-state index contributed by atoms with van der Waals surface area (Å²) in [5, 5.41) is 0.487. The highest BCUT2D eigenvalue weighted by Gasteiger charge is 2.12. The number of carbonyl (C=O) groups excluding carboxylic acids is 1. The van der Waals surface area contributed by atoms with Gasteiger partial charge in [-0.2, -0.15) is 11.8 Å². The fourth-order valence-corrected chi connectivity index (χ4v) is 2.58. The van der Waals surface area contributed by atoms with Crippen molar-refractivity contribution in [3.05, 3.63) is 34.6 Å². The van der Waals surface area contributed by atoms with Crippen LogP contribution in [0.3, 0.4) is 0 Å². The van der Waals surface area contributed by atoms with Crippen molar-refractivity contribution in [3.8, 4) is 0 Å². The van der Waals surface area contributed by atoms with Crippen molar-refractivity contribution >= 4 is 29.3 Å². The van der Waals surface area contributed by atoms with Crippen LogP contribution in [-0.2, 0) is 15.3 Å². The minimum Gasteiger partial charge on any atom is -0.469 e. The Labute approximate surface area is 109 Å². The molecule has 0 aliphatic carbocycles. The van der Waals surface area contributed by atoms with E-state index in [4.69, 9.17) is 11.6 Å². The molecule has 1 aromatic carbocycles. The highest BCUT2D eigenvalue weighted by atomic mass is 35.5. The van der Waals surface area contributed by atoms with E-state index in [1.165, 1.54) is 24.9 Å². The van der Waals surface area contributed by atoms with Crippen LogP contribution in [0, 0.1) is 5.82 Å². The second kappa shape index (κ2) is 6.87. The molecule has 0 fully saturated rings. The van der Waals surface area contributed by atoms with Crippen molar-refractivity contribution in [1.29, 1.82) is 0 Å². The van der Waals surface area contributed by atoms with Gasteiger partial charge in [-0.05, 0) is 12.1 Å². The molecule has 1 atom stereocenters. The zero-order valence-corrected chi connectivity index (χ0v) is 11.3. The lowest BCUT2D eigenvalue weighted by Gasteiger charge is -2.11. The van der Waals surface area contributed by atoms with Gasteiger partial charge in [0, 0.05) is 21.6 Å². The van der Waals surface area contributed by atoms with Gasteiger partial charge >= 0.3 is 5.97 Å². The average molecular weight is 277 g/mol. The lowest BCUT2D eigenvalue weighted by atomic mass is 10.2. The van der Waals surface area contributed by atoms with E-state index in [1.807, 2.05) is 6.92 Å². The van der Waals surface area contributed by atoms with Gasteiger partial charge in [-0.15, -0.1) is 0 Å².